The maximum absolute atomic E-state index is 11.3. The van der Waals surface area contributed by atoms with Crippen LogP contribution < -0.4 is 0 Å². The summed E-state index contributed by atoms with van der Waals surface area (Å²) in [6, 6.07) is 2.01. The minimum Gasteiger partial charge on any atom is -0.466 e. The maximum Gasteiger partial charge on any atom is 0.306 e. The lowest BCUT2D eigenvalue weighted by atomic mass is 10.2. The third kappa shape index (κ3) is 5.66. The summed E-state index contributed by atoms with van der Waals surface area (Å²) in [6.07, 6.45) is 2.25. The Kier molecular flexibility index (Phi) is 5.78. The molecule has 1 heterocycles. The number of thiophene rings is 1. The van der Waals surface area contributed by atoms with E-state index in [1.807, 2.05) is 16.8 Å². The number of carbonyl (C=O) groups is 2. The van der Waals surface area contributed by atoms with E-state index in [1.54, 1.807) is 18.3 Å². The van der Waals surface area contributed by atoms with Gasteiger partial charge < -0.3 is 9.53 Å². The molecule has 0 fully saturated rings. The van der Waals surface area contributed by atoms with E-state index in [-0.39, 0.29) is 11.8 Å². The molecular formula is C12H16O3S. The van der Waals surface area contributed by atoms with Crippen molar-refractivity contribution in [2.45, 2.75) is 32.6 Å². The summed E-state index contributed by atoms with van der Waals surface area (Å²) < 4.78 is 5.00. The maximum atomic E-state index is 11.3. The van der Waals surface area contributed by atoms with Gasteiger partial charge in [0.05, 0.1) is 6.61 Å². The first-order valence-corrected chi connectivity index (χ1v) is 6.29. The molecule has 4 heteroatoms. The molecule has 0 aliphatic rings. The lowest BCUT2D eigenvalue weighted by Crippen LogP contribution is -2.07. The Hall–Kier alpha value is -1.16. The highest BCUT2D eigenvalue weighted by Gasteiger charge is 2.04. The average molecular weight is 240 g/mol. The Morgan fingerprint density at radius 2 is 2.19 bits per heavy atom. The van der Waals surface area contributed by atoms with Crippen LogP contribution in [0, 0.1) is 0 Å². The van der Waals surface area contributed by atoms with E-state index in [9.17, 15) is 9.59 Å². The molecule has 0 aromatic carbocycles. The van der Waals surface area contributed by atoms with Crippen LogP contribution in [0.4, 0.5) is 0 Å². The summed E-state index contributed by atoms with van der Waals surface area (Å²) in [4.78, 5) is 21.9. The SMILES string of the molecule is CC(=O)CCCOC(=O)CCc1ccsc1. The molecule has 0 saturated heterocycles. The lowest BCUT2D eigenvalue weighted by molar-refractivity contribution is -0.144. The molecule has 0 aliphatic heterocycles. The molecule has 0 radical (unpaired) electrons. The van der Waals surface area contributed by atoms with Crippen LogP contribution in [0.25, 0.3) is 0 Å². The van der Waals surface area contributed by atoms with Gasteiger partial charge in [0.2, 0.25) is 0 Å². The molecule has 0 unspecified atom stereocenters. The van der Waals surface area contributed by atoms with Gasteiger partial charge in [-0.15, -0.1) is 0 Å². The van der Waals surface area contributed by atoms with Gasteiger partial charge in [-0.05, 0) is 42.2 Å². The van der Waals surface area contributed by atoms with Gasteiger partial charge in [-0.2, -0.15) is 11.3 Å². The quantitative estimate of drug-likeness (QED) is 0.543. The summed E-state index contributed by atoms with van der Waals surface area (Å²) in [6.45, 7) is 1.89. The molecule has 0 amide bonds. The Bertz CT molecular complexity index is 330. The largest absolute Gasteiger partial charge is 0.466 e. The number of carbonyl (C=O) groups excluding carboxylic acids is 2. The molecular weight excluding hydrogens is 224 g/mol. The highest BCUT2D eigenvalue weighted by molar-refractivity contribution is 7.07. The van der Waals surface area contributed by atoms with Crippen molar-refractivity contribution in [1.29, 1.82) is 0 Å². The van der Waals surface area contributed by atoms with E-state index in [1.165, 1.54) is 5.56 Å². The highest BCUT2D eigenvalue weighted by Crippen LogP contribution is 2.08. The van der Waals surface area contributed by atoms with Crippen LogP contribution in [0.3, 0.4) is 0 Å². The predicted octanol–water partition coefficient (Wildman–Crippen LogP) is 2.59. The zero-order valence-electron chi connectivity index (χ0n) is 9.40. The molecule has 0 bridgehead atoms. The average Bonchev–Trinajstić information content (AvgIpc) is 2.74. The van der Waals surface area contributed by atoms with Crippen molar-refractivity contribution in [2.75, 3.05) is 6.61 Å². The fourth-order valence-corrected chi connectivity index (χ4v) is 1.96. The molecule has 0 saturated carbocycles. The van der Waals surface area contributed by atoms with Crippen molar-refractivity contribution in [3.05, 3.63) is 22.4 Å². The van der Waals surface area contributed by atoms with Gasteiger partial charge in [0.1, 0.15) is 5.78 Å². The smallest absolute Gasteiger partial charge is 0.306 e. The first-order chi connectivity index (χ1) is 7.68. The van der Waals surface area contributed by atoms with E-state index < -0.39 is 0 Å². The third-order valence-corrected chi connectivity index (χ3v) is 2.87. The second-order valence-corrected chi connectivity index (χ2v) is 4.44. The molecule has 1 aromatic heterocycles. The van der Waals surface area contributed by atoms with Crippen LogP contribution in [0.15, 0.2) is 16.8 Å². The molecule has 0 spiro atoms. The minimum absolute atomic E-state index is 0.134. The summed E-state index contributed by atoms with van der Waals surface area (Å²) in [7, 11) is 0. The first kappa shape index (κ1) is 12.9. The van der Waals surface area contributed by atoms with Gasteiger partial charge in [-0.1, -0.05) is 0 Å². The van der Waals surface area contributed by atoms with Gasteiger partial charge in [-0.25, -0.2) is 0 Å². The monoisotopic (exact) mass is 240 g/mol. The van der Waals surface area contributed by atoms with Crippen molar-refractivity contribution in [1.82, 2.24) is 0 Å². The number of rotatable bonds is 7. The number of ether oxygens (including phenoxy) is 1. The van der Waals surface area contributed by atoms with Gasteiger partial charge in [0.25, 0.3) is 0 Å². The van der Waals surface area contributed by atoms with Crippen molar-refractivity contribution in [3.63, 3.8) is 0 Å². The van der Waals surface area contributed by atoms with E-state index >= 15 is 0 Å². The van der Waals surface area contributed by atoms with Crippen molar-refractivity contribution in [3.8, 4) is 0 Å². The van der Waals surface area contributed by atoms with Gasteiger partial charge in [-0.3, -0.25) is 4.79 Å². The van der Waals surface area contributed by atoms with Crippen molar-refractivity contribution < 1.29 is 14.3 Å². The second-order valence-electron chi connectivity index (χ2n) is 3.66. The van der Waals surface area contributed by atoms with E-state index in [0.717, 1.165) is 6.42 Å². The molecule has 0 N–H and O–H groups in total. The number of Topliss-reactive ketones (excluding diaryl/α,β-unsaturated/α-hetero) is 1. The van der Waals surface area contributed by atoms with Gasteiger partial charge in [0.15, 0.2) is 0 Å². The number of aryl methyl sites for hydroxylation is 1. The van der Waals surface area contributed by atoms with Crippen LogP contribution in [0.5, 0.6) is 0 Å². The van der Waals surface area contributed by atoms with Crippen LogP contribution in [-0.2, 0) is 20.7 Å². The summed E-state index contributed by atoms with van der Waals surface area (Å²) in [5, 5.41) is 4.02. The van der Waals surface area contributed by atoms with Crippen molar-refractivity contribution >= 4 is 23.1 Å². The number of ketones is 1. The number of hydrogen-bond donors (Lipinski definition) is 0. The van der Waals surface area contributed by atoms with Gasteiger partial charge >= 0.3 is 5.97 Å². The molecule has 16 heavy (non-hydrogen) atoms. The third-order valence-electron chi connectivity index (χ3n) is 2.13. The van der Waals surface area contributed by atoms with Crippen LogP contribution in [0.2, 0.25) is 0 Å². The topological polar surface area (TPSA) is 43.4 Å². The predicted molar refractivity (Wildman–Crippen MR) is 63.5 cm³/mol. The molecule has 88 valence electrons. The summed E-state index contributed by atoms with van der Waals surface area (Å²) in [5.41, 5.74) is 1.17. The molecule has 0 atom stereocenters. The van der Waals surface area contributed by atoms with Gasteiger partial charge in [0, 0.05) is 12.8 Å². The van der Waals surface area contributed by atoms with E-state index in [0.29, 0.717) is 25.9 Å². The normalized spacial score (nSPS) is 10.1. The minimum atomic E-state index is -0.185. The molecule has 1 aromatic rings. The zero-order valence-corrected chi connectivity index (χ0v) is 10.2. The standard InChI is InChI=1S/C12H16O3S/c1-10(13)3-2-7-15-12(14)5-4-11-6-8-16-9-11/h6,8-9H,2-5,7H2,1H3. The number of hydrogen-bond acceptors (Lipinski definition) is 4. The van der Waals surface area contributed by atoms with E-state index in [4.69, 9.17) is 4.74 Å². The molecule has 0 aliphatic carbocycles. The zero-order chi connectivity index (χ0) is 11.8. The number of esters is 1. The fraction of sp³-hybridized carbons (Fsp3) is 0.500. The van der Waals surface area contributed by atoms with Crippen LogP contribution in [-0.4, -0.2) is 18.4 Å². The molecule has 1 rings (SSSR count). The van der Waals surface area contributed by atoms with E-state index in [2.05, 4.69) is 0 Å². The fourth-order valence-electron chi connectivity index (χ4n) is 1.26. The Morgan fingerprint density at radius 3 is 2.81 bits per heavy atom. The Labute approximate surface area is 99.4 Å². The first-order valence-electron chi connectivity index (χ1n) is 5.34. The van der Waals surface area contributed by atoms with Crippen molar-refractivity contribution in [2.24, 2.45) is 0 Å². The summed E-state index contributed by atoms with van der Waals surface area (Å²) >= 11 is 1.63. The Balaban J connectivity index is 2.05. The summed E-state index contributed by atoms with van der Waals surface area (Å²) in [5.74, 6) is -0.0518. The highest BCUT2D eigenvalue weighted by atomic mass is 32.1. The van der Waals surface area contributed by atoms with Crippen LogP contribution >= 0.6 is 11.3 Å². The Morgan fingerprint density at radius 1 is 1.38 bits per heavy atom. The second kappa shape index (κ2) is 7.17. The van der Waals surface area contributed by atoms with Crippen LogP contribution in [0.1, 0.15) is 31.7 Å². The lowest BCUT2D eigenvalue weighted by Gasteiger charge is -2.03. The molecule has 3 nitrogen and oxygen atoms in total.